The Labute approximate surface area is 188 Å². The quantitative estimate of drug-likeness (QED) is 0.454. The summed E-state index contributed by atoms with van der Waals surface area (Å²) in [5, 5.41) is 8.51. The first-order chi connectivity index (χ1) is 15.5. The number of ether oxygens (including phenoxy) is 3. The fourth-order valence-corrected chi connectivity index (χ4v) is 3.45. The molecule has 1 aromatic carbocycles. The molecule has 0 spiro atoms. The Balaban J connectivity index is 1.60. The maximum absolute atomic E-state index is 12.5. The Bertz CT molecular complexity index is 818. The molecule has 1 saturated carbocycles. The van der Waals surface area contributed by atoms with Crippen molar-refractivity contribution in [2.24, 2.45) is 5.92 Å². The van der Waals surface area contributed by atoms with Crippen LogP contribution in [-0.2, 0) is 19.1 Å². The van der Waals surface area contributed by atoms with Gasteiger partial charge in [-0.05, 0) is 39.5 Å². The number of nitrogens with one attached hydrogen (secondary N) is 3. The van der Waals surface area contributed by atoms with Gasteiger partial charge in [0.15, 0.2) is 0 Å². The lowest BCUT2D eigenvalue weighted by Crippen LogP contribution is -2.32. The van der Waals surface area contributed by atoms with Crippen molar-refractivity contribution >= 4 is 29.1 Å². The lowest BCUT2D eigenvalue weighted by Gasteiger charge is -2.18. The molecule has 1 aromatic rings. The molecule has 1 saturated heterocycles. The summed E-state index contributed by atoms with van der Waals surface area (Å²) in [6.45, 7) is 5.68. The van der Waals surface area contributed by atoms with Crippen molar-refractivity contribution in [1.82, 2.24) is 5.32 Å². The van der Waals surface area contributed by atoms with Crippen molar-refractivity contribution in [2.45, 2.75) is 58.5 Å². The van der Waals surface area contributed by atoms with E-state index in [1.54, 1.807) is 12.1 Å². The van der Waals surface area contributed by atoms with Gasteiger partial charge in [-0.15, -0.1) is 0 Å². The fraction of sp³-hybridized carbons (Fsp3) is 0.609. The highest BCUT2D eigenvalue weighted by Crippen LogP contribution is 2.38. The fourth-order valence-electron chi connectivity index (χ4n) is 3.45. The molecule has 1 aliphatic carbocycles. The SMILES string of the molecule is CCOc1cc(NC(=O)C2CC2)c(OCC)cc1NC(=O)CCC(=O)NC[C@H]1CCCO1. The van der Waals surface area contributed by atoms with Crippen LogP contribution in [0.15, 0.2) is 12.1 Å². The zero-order valence-corrected chi connectivity index (χ0v) is 18.8. The molecule has 3 amide bonds. The highest BCUT2D eigenvalue weighted by Gasteiger charge is 2.30. The first-order valence-corrected chi connectivity index (χ1v) is 11.4. The Morgan fingerprint density at radius 1 is 0.938 bits per heavy atom. The van der Waals surface area contributed by atoms with Crippen molar-refractivity contribution in [3.05, 3.63) is 12.1 Å². The highest BCUT2D eigenvalue weighted by molar-refractivity contribution is 5.98. The number of amides is 3. The summed E-state index contributed by atoms with van der Waals surface area (Å²) in [7, 11) is 0. The predicted molar refractivity (Wildman–Crippen MR) is 120 cm³/mol. The number of hydrogen-bond acceptors (Lipinski definition) is 6. The summed E-state index contributed by atoms with van der Waals surface area (Å²) in [5.41, 5.74) is 0.947. The summed E-state index contributed by atoms with van der Waals surface area (Å²) in [4.78, 5) is 36.7. The average Bonchev–Trinajstić information content (AvgIpc) is 3.50. The molecule has 3 rings (SSSR count). The van der Waals surface area contributed by atoms with Crippen molar-refractivity contribution in [3.63, 3.8) is 0 Å². The van der Waals surface area contributed by atoms with E-state index in [2.05, 4.69) is 16.0 Å². The van der Waals surface area contributed by atoms with Crippen LogP contribution in [0.5, 0.6) is 11.5 Å². The third-order valence-corrected chi connectivity index (χ3v) is 5.29. The molecule has 2 fully saturated rings. The lowest BCUT2D eigenvalue weighted by atomic mass is 10.2. The average molecular weight is 448 g/mol. The van der Waals surface area contributed by atoms with Crippen molar-refractivity contribution in [1.29, 1.82) is 0 Å². The number of rotatable bonds is 12. The molecular formula is C23H33N3O6. The summed E-state index contributed by atoms with van der Waals surface area (Å²) < 4.78 is 16.8. The van der Waals surface area contributed by atoms with Crippen LogP contribution in [0.2, 0.25) is 0 Å². The number of benzene rings is 1. The van der Waals surface area contributed by atoms with E-state index >= 15 is 0 Å². The van der Waals surface area contributed by atoms with E-state index in [9.17, 15) is 14.4 Å². The first-order valence-electron chi connectivity index (χ1n) is 11.4. The van der Waals surface area contributed by atoms with E-state index in [4.69, 9.17) is 14.2 Å². The van der Waals surface area contributed by atoms with E-state index in [0.29, 0.717) is 42.6 Å². The normalized spacial score (nSPS) is 17.5. The molecule has 2 aliphatic rings. The largest absolute Gasteiger partial charge is 0.492 e. The van der Waals surface area contributed by atoms with Crippen LogP contribution in [0.1, 0.15) is 52.4 Å². The number of anilines is 2. The molecule has 1 heterocycles. The standard InChI is InChI=1S/C23H33N3O6/c1-3-30-19-13-18(26-23(29)15-7-8-15)20(31-4-2)12-17(19)25-22(28)10-9-21(27)24-14-16-6-5-11-32-16/h12-13,15-16H,3-11,14H2,1-2H3,(H,24,27)(H,25,28)(H,26,29)/t16-/m1/s1. The van der Waals surface area contributed by atoms with Crippen LogP contribution < -0.4 is 25.4 Å². The Morgan fingerprint density at radius 3 is 2.12 bits per heavy atom. The molecule has 1 aliphatic heterocycles. The van der Waals surface area contributed by atoms with Gasteiger partial charge in [-0.25, -0.2) is 0 Å². The van der Waals surface area contributed by atoms with Crippen molar-refractivity contribution in [3.8, 4) is 11.5 Å². The molecule has 3 N–H and O–H groups in total. The molecule has 9 nitrogen and oxygen atoms in total. The second kappa shape index (κ2) is 11.7. The van der Waals surface area contributed by atoms with Gasteiger partial charge in [-0.1, -0.05) is 0 Å². The van der Waals surface area contributed by atoms with Gasteiger partial charge in [0.1, 0.15) is 11.5 Å². The summed E-state index contributed by atoms with van der Waals surface area (Å²) in [5.74, 6) is 0.391. The maximum Gasteiger partial charge on any atom is 0.227 e. The third kappa shape index (κ3) is 7.12. The summed E-state index contributed by atoms with van der Waals surface area (Å²) in [6.07, 6.45) is 3.92. The summed E-state index contributed by atoms with van der Waals surface area (Å²) in [6, 6.07) is 3.31. The molecule has 0 bridgehead atoms. The molecule has 0 unspecified atom stereocenters. The van der Waals surface area contributed by atoms with Gasteiger partial charge >= 0.3 is 0 Å². The molecule has 32 heavy (non-hydrogen) atoms. The second-order valence-corrected chi connectivity index (χ2v) is 7.96. The Hall–Kier alpha value is -2.81. The minimum absolute atomic E-state index is 0.0348. The number of carbonyl (C=O) groups excluding carboxylic acids is 3. The maximum atomic E-state index is 12.5. The lowest BCUT2D eigenvalue weighted by molar-refractivity contribution is -0.124. The molecule has 176 valence electrons. The van der Waals surface area contributed by atoms with E-state index in [1.165, 1.54) is 0 Å². The van der Waals surface area contributed by atoms with Crippen LogP contribution in [0, 0.1) is 5.92 Å². The second-order valence-electron chi connectivity index (χ2n) is 7.96. The minimum atomic E-state index is -0.310. The van der Waals surface area contributed by atoms with E-state index < -0.39 is 0 Å². The van der Waals surface area contributed by atoms with Crippen molar-refractivity contribution < 1.29 is 28.6 Å². The third-order valence-electron chi connectivity index (χ3n) is 5.29. The van der Waals surface area contributed by atoms with Gasteiger partial charge in [0.25, 0.3) is 0 Å². The first kappa shape index (κ1) is 23.8. The van der Waals surface area contributed by atoms with Crippen molar-refractivity contribution in [2.75, 3.05) is 37.0 Å². The van der Waals surface area contributed by atoms with E-state index in [-0.39, 0.29) is 42.6 Å². The van der Waals surface area contributed by atoms with Crippen LogP contribution >= 0.6 is 0 Å². The van der Waals surface area contributed by atoms with Gasteiger partial charge < -0.3 is 30.2 Å². The van der Waals surface area contributed by atoms with Crippen LogP contribution in [-0.4, -0.2) is 50.2 Å². The molecule has 0 aromatic heterocycles. The van der Waals surface area contributed by atoms with Gasteiger partial charge in [0.2, 0.25) is 17.7 Å². The molecule has 1 atom stereocenters. The van der Waals surface area contributed by atoms with Gasteiger partial charge in [0, 0.05) is 44.0 Å². The van der Waals surface area contributed by atoms with Gasteiger partial charge in [0.05, 0.1) is 30.7 Å². The van der Waals surface area contributed by atoms with Gasteiger partial charge in [-0.2, -0.15) is 0 Å². The molecule has 0 radical (unpaired) electrons. The predicted octanol–water partition coefficient (Wildman–Crippen LogP) is 2.85. The minimum Gasteiger partial charge on any atom is -0.492 e. The Kier molecular flexibility index (Phi) is 8.72. The van der Waals surface area contributed by atoms with Crippen LogP contribution in [0.4, 0.5) is 11.4 Å². The van der Waals surface area contributed by atoms with Crippen LogP contribution in [0.3, 0.4) is 0 Å². The topological polar surface area (TPSA) is 115 Å². The highest BCUT2D eigenvalue weighted by atomic mass is 16.5. The monoisotopic (exact) mass is 447 g/mol. The number of carbonyl (C=O) groups is 3. The summed E-state index contributed by atoms with van der Waals surface area (Å²) >= 11 is 0. The number of hydrogen-bond donors (Lipinski definition) is 3. The zero-order chi connectivity index (χ0) is 22.9. The molecule has 9 heteroatoms. The molecular weight excluding hydrogens is 414 g/mol. The Morgan fingerprint density at radius 2 is 1.56 bits per heavy atom. The van der Waals surface area contributed by atoms with E-state index in [0.717, 1.165) is 32.3 Å². The van der Waals surface area contributed by atoms with Crippen LogP contribution in [0.25, 0.3) is 0 Å². The van der Waals surface area contributed by atoms with E-state index in [1.807, 2.05) is 13.8 Å². The van der Waals surface area contributed by atoms with Gasteiger partial charge in [-0.3, -0.25) is 14.4 Å². The zero-order valence-electron chi connectivity index (χ0n) is 18.8. The smallest absolute Gasteiger partial charge is 0.227 e.